The van der Waals surface area contributed by atoms with Gasteiger partial charge in [-0.3, -0.25) is 4.98 Å². The van der Waals surface area contributed by atoms with Gasteiger partial charge in [0.15, 0.2) is 0 Å². The number of nitrogens with zero attached hydrogens (tertiary/aromatic N) is 1. The van der Waals surface area contributed by atoms with E-state index in [0.717, 1.165) is 12.2 Å². The summed E-state index contributed by atoms with van der Waals surface area (Å²) in [4.78, 5) is 4.04. The van der Waals surface area contributed by atoms with E-state index in [9.17, 15) is 0 Å². The molecular weight excluding hydrogens is 238 g/mol. The Kier molecular flexibility index (Phi) is 4.53. The van der Waals surface area contributed by atoms with Crippen LogP contribution in [0.3, 0.4) is 0 Å². The number of aliphatic hydroxyl groups is 1. The third kappa shape index (κ3) is 3.32. The van der Waals surface area contributed by atoms with Crippen LogP contribution in [0.1, 0.15) is 37.4 Å². The number of hydrogen-bond acceptors (Lipinski definition) is 3. The van der Waals surface area contributed by atoms with Gasteiger partial charge in [0.2, 0.25) is 0 Å². The molecule has 0 amide bonds. The van der Waals surface area contributed by atoms with Crippen LogP contribution in [-0.2, 0) is 6.61 Å². The number of pyridine rings is 1. The molecule has 1 N–H and O–H groups in total. The molecular formula is C16H19NO2. The highest BCUT2D eigenvalue weighted by atomic mass is 16.5. The lowest BCUT2D eigenvalue weighted by atomic mass is 9.98. The molecule has 1 heterocycles. The van der Waals surface area contributed by atoms with E-state index in [0.29, 0.717) is 17.4 Å². The Hall–Kier alpha value is -1.87. The molecule has 3 heteroatoms. The first-order chi connectivity index (χ1) is 9.24. The van der Waals surface area contributed by atoms with Gasteiger partial charge in [0, 0.05) is 12.3 Å². The fourth-order valence-electron chi connectivity index (χ4n) is 1.93. The Morgan fingerprint density at radius 3 is 2.79 bits per heavy atom. The maximum absolute atomic E-state index is 9.09. The first-order valence-corrected chi connectivity index (χ1v) is 6.57. The summed E-state index contributed by atoms with van der Waals surface area (Å²) in [6.45, 7) is 4.27. The summed E-state index contributed by atoms with van der Waals surface area (Å²) in [5.74, 6) is 2.03. The Labute approximate surface area is 113 Å². The number of rotatable bonds is 5. The molecule has 2 aromatic rings. The van der Waals surface area contributed by atoms with Crippen molar-refractivity contribution in [1.29, 1.82) is 0 Å². The van der Waals surface area contributed by atoms with Crippen LogP contribution >= 0.6 is 0 Å². The highest BCUT2D eigenvalue weighted by Gasteiger charge is 2.10. The van der Waals surface area contributed by atoms with Crippen molar-refractivity contribution >= 4 is 0 Å². The predicted molar refractivity (Wildman–Crippen MR) is 75.4 cm³/mol. The lowest BCUT2D eigenvalue weighted by Gasteiger charge is -2.15. The van der Waals surface area contributed by atoms with Crippen molar-refractivity contribution in [3.8, 4) is 11.5 Å². The molecule has 1 aromatic heterocycles. The molecule has 1 aromatic carbocycles. The average Bonchev–Trinajstić information content (AvgIpc) is 2.47. The standard InChI is InChI=1S/C16H19NO2/c1-3-12(2)15-6-4-5-7-16(15)19-14-8-9-17-13(10-14)11-18/h4-10,12,18H,3,11H2,1-2H3. The molecule has 0 aliphatic rings. The SMILES string of the molecule is CCC(C)c1ccccc1Oc1ccnc(CO)c1. The summed E-state index contributed by atoms with van der Waals surface area (Å²) in [5, 5.41) is 9.09. The predicted octanol–water partition coefficient (Wildman–Crippen LogP) is 3.88. The minimum absolute atomic E-state index is 0.0792. The second kappa shape index (κ2) is 6.34. The minimum atomic E-state index is -0.0792. The smallest absolute Gasteiger partial charge is 0.130 e. The molecule has 100 valence electrons. The quantitative estimate of drug-likeness (QED) is 0.883. The molecule has 0 radical (unpaired) electrons. The van der Waals surface area contributed by atoms with Gasteiger partial charge in [-0.15, -0.1) is 0 Å². The van der Waals surface area contributed by atoms with Gasteiger partial charge in [0.25, 0.3) is 0 Å². The molecule has 0 bridgehead atoms. The van der Waals surface area contributed by atoms with Crippen LogP contribution in [0.2, 0.25) is 0 Å². The molecule has 0 fully saturated rings. The van der Waals surface area contributed by atoms with Crippen LogP contribution < -0.4 is 4.74 Å². The lowest BCUT2D eigenvalue weighted by molar-refractivity contribution is 0.276. The number of benzene rings is 1. The molecule has 2 rings (SSSR count). The number of hydrogen-bond donors (Lipinski definition) is 1. The second-order valence-corrected chi connectivity index (χ2v) is 4.59. The third-order valence-corrected chi connectivity index (χ3v) is 3.24. The fourth-order valence-corrected chi connectivity index (χ4v) is 1.93. The maximum Gasteiger partial charge on any atom is 0.130 e. The summed E-state index contributed by atoms with van der Waals surface area (Å²) < 4.78 is 5.92. The Bertz CT molecular complexity index is 540. The summed E-state index contributed by atoms with van der Waals surface area (Å²) >= 11 is 0. The van der Waals surface area contributed by atoms with Gasteiger partial charge in [-0.05, 0) is 30.0 Å². The van der Waals surface area contributed by atoms with E-state index in [2.05, 4.69) is 24.9 Å². The van der Waals surface area contributed by atoms with Crippen LogP contribution in [0.15, 0.2) is 42.6 Å². The summed E-state index contributed by atoms with van der Waals surface area (Å²) in [7, 11) is 0. The van der Waals surface area contributed by atoms with E-state index < -0.39 is 0 Å². The summed E-state index contributed by atoms with van der Waals surface area (Å²) in [6.07, 6.45) is 2.71. The van der Waals surface area contributed by atoms with Crippen molar-refractivity contribution in [1.82, 2.24) is 4.98 Å². The van der Waals surface area contributed by atoms with E-state index in [1.807, 2.05) is 18.2 Å². The molecule has 0 aliphatic carbocycles. The van der Waals surface area contributed by atoms with Gasteiger partial charge in [0.1, 0.15) is 11.5 Å². The van der Waals surface area contributed by atoms with Crippen LogP contribution in [0.4, 0.5) is 0 Å². The molecule has 1 atom stereocenters. The first-order valence-electron chi connectivity index (χ1n) is 6.57. The largest absolute Gasteiger partial charge is 0.457 e. The van der Waals surface area contributed by atoms with Crippen LogP contribution in [-0.4, -0.2) is 10.1 Å². The molecule has 0 saturated carbocycles. The lowest BCUT2D eigenvalue weighted by Crippen LogP contribution is -1.97. The molecule has 0 aliphatic heterocycles. The Morgan fingerprint density at radius 1 is 1.26 bits per heavy atom. The van der Waals surface area contributed by atoms with Crippen molar-refractivity contribution in [2.75, 3.05) is 0 Å². The zero-order valence-electron chi connectivity index (χ0n) is 11.3. The summed E-state index contributed by atoms with van der Waals surface area (Å²) in [6, 6.07) is 11.6. The zero-order valence-corrected chi connectivity index (χ0v) is 11.3. The Morgan fingerprint density at radius 2 is 2.05 bits per heavy atom. The van der Waals surface area contributed by atoms with Gasteiger partial charge in [-0.25, -0.2) is 0 Å². The highest BCUT2D eigenvalue weighted by molar-refractivity contribution is 5.39. The maximum atomic E-state index is 9.09. The second-order valence-electron chi connectivity index (χ2n) is 4.59. The van der Waals surface area contributed by atoms with Gasteiger partial charge in [-0.1, -0.05) is 32.0 Å². The number of aromatic nitrogens is 1. The van der Waals surface area contributed by atoms with Crippen LogP contribution in [0, 0.1) is 0 Å². The zero-order chi connectivity index (χ0) is 13.7. The molecule has 0 spiro atoms. The average molecular weight is 257 g/mol. The van der Waals surface area contributed by atoms with Gasteiger partial charge in [-0.2, -0.15) is 0 Å². The van der Waals surface area contributed by atoms with Gasteiger partial charge >= 0.3 is 0 Å². The van der Waals surface area contributed by atoms with Gasteiger partial charge < -0.3 is 9.84 Å². The molecule has 0 saturated heterocycles. The fraction of sp³-hybridized carbons (Fsp3) is 0.312. The van der Waals surface area contributed by atoms with E-state index in [4.69, 9.17) is 9.84 Å². The van der Waals surface area contributed by atoms with Gasteiger partial charge in [0.05, 0.1) is 12.3 Å². The van der Waals surface area contributed by atoms with Crippen molar-refractivity contribution in [3.05, 3.63) is 53.9 Å². The summed E-state index contributed by atoms with van der Waals surface area (Å²) in [5.41, 5.74) is 1.81. The van der Waals surface area contributed by atoms with E-state index in [1.54, 1.807) is 18.3 Å². The van der Waals surface area contributed by atoms with E-state index in [-0.39, 0.29) is 6.61 Å². The Balaban J connectivity index is 2.27. The third-order valence-electron chi connectivity index (χ3n) is 3.24. The number of para-hydroxylation sites is 1. The number of ether oxygens (including phenoxy) is 1. The van der Waals surface area contributed by atoms with E-state index >= 15 is 0 Å². The van der Waals surface area contributed by atoms with E-state index in [1.165, 1.54) is 5.56 Å². The van der Waals surface area contributed by atoms with Crippen molar-refractivity contribution < 1.29 is 9.84 Å². The number of aliphatic hydroxyl groups excluding tert-OH is 1. The molecule has 1 unspecified atom stereocenters. The van der Waals surface area contributed by atoms with Crippen LogP contribution in [0.25, 0.3) is 0 Å². The topological polar surface area (TPSA) is 42.4 Å². The minimum Gasteiger partial charge on any atom is -0.457 e. The van der Waals surface area contributed by atoms with Crippen molar-refractivity contribution in [3.63, 3.8) is 0 Å². The highest BCUT2D eigenvalue weighted by Crippen LogP contribution is 2.31. The van der Waals surface area contributed by atoms with Crippen molar-refractivity contribution in [2.24, 2.45) is 0 Å². The molecule has 3 nitrogen and oxygen atoms in total. The first kappa shape index (κ1) is 13.6. The normalized spacial score (nSPS) is 12.2. The van der Waals surface area contributed by atoms with Crippen LogP contribution in [0.5, 0.6) is 11.5 Å². The monoisotopic (exact) mass is 257 g/mol. The molecule has 19 heavy (non-hydrogen) atoms. The van der Waals surface area contributed by atoms with Crippen molar-refractivity contribution in [2.45, 2.75) is 32.8 Å².